The minimum atomic E-state index is 0.715. The molecule has 19 heavy (non-hydrogen) atoms. The van der Waals surface area contributed by atoms with Crippen LogP contribution in [0.1, 0.15) is 16.8 Å². The molecule has 0 saturated heterocycles. The summed E-state index contributed by atoms with van der Waals surface area (Å²) in [6.45, 7) is 6.46. The Kier molecular flexibility index (Phi) is 4.65. The SMILES string of the molecule is COCCNCc1cnn(-c2cc(C)ccn2)c1C. The Morgan fingerprint density at radius 2 is 2.21 bits per heavy atom. The largest absolute Gasteiger partial charge is 0.383 e. The number of aromatic nitrogens is 3. The molecule has 0 aliphatic rings. The average Bonchev–Trinajstić information content (AvgIpc) is 2.76. The lowest BCUT2D eigenvalue weighted by Gasteiger charge is -2.06. The summed E-state index contributed by atoms with van der Waals surface area (Å²) in [5.74, 6) is 0.862. The summed E-state index contributed by atoms with van der Waals surface area (Å²) >= 11 is 0. The second kappa shape index (κ2) is 6.45. The van der Waals surface area contributed by atoms with E-state index in [-0.39, 0.29) is 0 Å². The molecular weight excluding hydrogens is 240 g/mol. The van der Waals surface area contributed by atoms with E-state index in [1.54, 1.807) is 7.11 Å². The maximum absolute atomic E-state index is 5.00. The summed E-state index contributed by atoms with van der Waals surface area (Å²) in [6, 6.07) is 4.01. The third-order valence-corrected chi connectivity index (χ3v) is 3.03. The second-order valence-electron chi connectivity index (χ2n) is 4.53. The summed E-state index contributed by atoms with van der Waals surface area (Å²) < 4.78 is 6.88. The van der Waals surface area contributed by atoms with E-state index in [4.69, 9.17) is 4.74 Å². The minimum absolute atomic E-state index is 0.715. The van der Waals surface area contributed by atoms with Crippen molar-refractivity contribution in [2.75, 3.05) is 20.3 Å². The number of pyridine rings is 1. The number of methoxy groups -OCH3 is 1. The van der Waals surface area contributed by atoms with Crippen LogP contribution in [0.2, 0.25) is 0 Å². The van der Waals surface area contributed by atoms with E-state index in [1.165, 1.54) is 11.1 Å². The molecule has 2 rings (SSSR count). The van der Waals surface area contributed by atoms with Crippen molar-refractivity contribution >= 4 is 0 Å². The Bertz CT molecular complexity index is 536. The molecule has 102 valence electrons. The first kappa shape index (κ1) is 13.7. The van der Waals surface area contributed by atoms with Crippen molar-refractivity contribution in [2.24, 2.45) is 0 Å². The molecule has 0 saturated carbocycles. The fraction of sp³-hybridized carbons (Fsp3) is 0.429. The fourth-order valence-electron chi connectivity index (χ4n) is 1.88. The van der Waals surface area contributed by atoms with Crippen molar-refractivity contribution in [3.8, 4) is 5.82 Å². The molecule has 1 N–H and O–H groups in total. The monoisotopic (exact) mass is 260 g/mol. The van der Waals surface area contributed by atoms with Crippen molar-refractivity contribution in [1.82, 2.24) is 20.1 Å². The van der Waals surface area contributed by atoms with E-state index in [0.717, 1.165) is 24.6 Å². The van der Waals surface area contributed by atoms with Crippen LogP contribution in [0.15, 0.2) is 24.5 Å². The van der Waals surface area contributed by atoms with Crippen LogP contribution in [0.4, 0.5) is 0 Å². The van der Waals surface area contributed by atoms with Gasteiger partial charge in [-0.25, -0.2) is 9.67 Å². The highest BCUT2D eigenvalue weighted by Gasteiger charge is 2.08. The Morgan fingerprint density at radius 3 is 2.95 bits per heavy atom. The minimum Gasteiger partial charge on any atom is -0.383 e. The zero-order chi connectivity index (χ0) is 13.7. The Balaban J connectivity index is 2.10. The van der Waals surface area contributed by atoms with Gasteiger partial charge in [-0.05, 0) is 31.5 Å². The van der Waals surface area contributed by atoms with E-state index in [2.05, 4.69) is 29.2 Å². The van der Waals surface area contributed by atoms with Crippen LogP contribution < -0.4 is 5.32 Å². The number of nitrogens with one attached hydrogen (secondary N) is 1. The van der Waals surface area contributed by atoms with Gasteiger partial charge in [-0.1, -0.05) is 0 Å². The van der Waals surface area contributed by atoms with Crippen molar-refractivity contribution in [3.63, 3.8) is 0 Å². The van der Waals surface area contributed by atoms with Crippen LogP contribution in [0.3, 0.4) is 0 Å². The molecule has 0 atom stereocenters. The van der Waals surface area contributed by atoms with Crippen LogP contribution in [0.25, 0.3) is 5.82 Å². The van der Waals surface area contributed by atoms with Gasteiger partial charge >= 0.3 is 0 Å². The van der Waals surface area contributed by atoms with Gasteiger partial charge < -0.3 is 10.1 Å². The van der Waals surface area contributed by atoms with Gasteiger partial charge in [0.25, 0.3) is 0 Å². The second-order valence-corrected chi connectivity index (χ2v) is 4.53. The van der Waals surface area contributed by atoms with Gasteiger partial charge in [-0.2, -0.15) is 5.10 Å². The molecule has 2 aromatic rings. The lowest BCUT2D eigenvalue weighted by atomic mass is 10.2. The summed E-state index contributed by atoms with van der Waals surface area (Å²) in [5, 5.41) is 7.73. The first-order chi connectivity index (χ1) is 9.22. The maximum atomic E-state index is 5.00. The van der Waals surface area contributed by atoms with Crippen molar-refractivity contribution < 1.29 is 4.74 Å². The molecule has 5 nitrogen and oxygen atoms in total. The van der Waals surface area contributed by atoms with Gasteiger partial charge in [-0.15, -0.1) is 0 Å². The molecule has 5 heteroatoms. The topological polar surface area (TPSA) is 52.0 Å². The molecule has 0 unspecified atom stereocenters. The van der Waals surface area contributed by atoms with E-state index in [1.807, 2.05) is 29.2 Å². The van der Waals surface area contributed by atoms with E-state index < -0.39 is 0 Å². The number of nitrogens with zero attached hydrogens (tertiary/aromatic N) is 3. The van der Waals surface area contributed by atoms with Crippen LogP contribution in [0.5, 0.6) is 0 Å². The number of rotatable bonds is 6. The molecule has 0 fully saturated rings. The van der Waals surface area contributed by atoms with Gasteiger partial charge in [0.05, 0.1) is 12.8 Å². The van der Waals surface area contributed by atoms with Crippen LogP contribution >= 0.6 is 0 Å². The van der Waals surface area contributed by atoms with Gasteiger partial charge in [0.15, 0.2) is 5.82 Å². The molecule has 0 aliphatic heterocycles. The van der Waals surface area contributed by atoms with Crippen molar-refractivity contribution in [1.29, 1.82) is 0 Å². The molecule has 2 aromatic heterocycles. The number of aryl methyl sites for hydroxylation is 1. The summed E-state index contributed by atoms with van der Waals surface area (Å²) in [4.78, 5) is 4.35. The lowest BCUT2D eigenvalue weighted by Crippen LogP contribution is -2.18. The predicted octanol–water partition coefficient (Wildman–Crippen LogP) is 1.62. The third-order valence-electron chi connectivity index (χ3n) is 3.03. The Labute approximate surface area is 113 Å². The summed E-state index contributed by atoms with van der Waals surface area (Å²) in [5.41, 5.74) is 3.47. The van der Waals surface area contributed by atoms with E-state index in [0.29, 0.717) is 6.61 Å². The average molecular weight is 260 g/mol. The highest BCUT2D eigenvalue weighted by molar-refractivity contribution is 5.30. The molecule has 0 radical (unpaired) electrons. The summed E-state index contributed by atoms with van der Waals surface area (Å²) in [6.07, 6.45) is 3.70. The van der Waals surface area contributed by atoms with Crippen LogP contribution in [-0.2, 0) is 11.3 Å². The van der Waals surface area contributed by atoms with Gasteiger partial charge in [0.1, 0.15) is 0 Å². The van der Waals surface area contributed by atoms with Crippen LogP contribution in [0, 0.1) is 13.8 Å². The fourth-order valence-corrected chi connectivity index (χ4v) is 1.88. The quantitative estimate of drug-likeness (QED) is 0.802. The maximum Gasteiger partial charge on any atom is 0.153 e. The van der Waals surface area contributed by atoms with E-state index >= 15 is 0 Å². The number of ether oxygens (including phenoxy) is 1. The van der Waals surface area contributed by atoms with E-state index in [9.17, 15) is 0 Å². The Hall–Kier alpha value is -1.72. The molecule has 0 bridgehead atoms. The Morgan fingerprint density at radius 1 is 1.37 bits per heavy atom. The molecule has 2 heterocycles. The van der Waals surface area contributed by atoms with Gasteiger partial charge in [0.2, 0.25) is 0 Å². The normalized spacial score (nSPS) is 10.9. The molecule has 0 aliphatic carbocycles. The zero-order valence-corrected chi connectivity index (χ0v) is 11.7. The molecule has 0 amide bonds. The number of hydrogen-bond acceptors (Lipinski definition) is 4. The zero-order valence-electron chi connectivity index (χ0n) is 11.7. The first-order valence-corrected chi connectivity index (χ1v) is 6.38. The summed E-state index contributed by atoms with van der Waals surface area (Å²) in [7, 11) is 1.70. The highest BCUT2D eigenvalue weighted by atomic mass is 16.5. The van der Waals surface area contributed by atoms with Crippen LogP contribution in [-0.4, -0.2) is 35.0 Å². The molecule has 0 aromatic carbocycles. The van der Waals surface area contributed by atoms with Gasteiger partial charge in [0, 0.05) is 37.7 Å². The standard InChI is InChI=1S/C14H20N4O/c1-11-4-5-16-14(8-11)18-12(2)13(10-17-18)9-15-6-7-19-3/h4-5,8,10,15H,6-7,9H2,1-3H3. The third kappa shape index (κ3) is 3.39. The highest BCUT2D eigenvalue weighted by Crippen LogP contribution is 2.13. The van der Waals surface area contributed by atoms with Crippen molar-refractivity contribution in [3.05, 3.63) is 41.3 Å². The smallest absolute Gasteiger partial charge is 0.153 e. The van der Waals surface area contributed by atoms with Crippen molar-refractivity contribution in [2.45, 2.75) is 20.4 Å². The molecule has 0 spiro atoms. The number of hydrogen-bond donors (Lipinski definition) is 1. The lowest BCUT2D eigenvalue weighted by molar-refractivity contribution is 0.199. The predicted molar refractivity (Wildman–Crippen MR) is 74.4 cm³/mol. The van der Waals surface area contributed by atoms with Gasteiger partial charge in [-0.3, -0.25) is 0 Å². The molecular formula is C14H20N4O. The first-order valence-electron chi connectivity index (χ1n) is 6.38.